The van der Waals surface area contributed by atoms with E-state index in [0.717, 1.165) is 38.3 Å². The molecule has 0 saturated heterocycles. The largest absolute Gasteiger partial charge is 0.351 e. The number of amides is 1. The zero-order chi connectivity index (χ0) is 20.5. The SMILES string of the molecule is O=C(CSc1nc2ccccc2c2nc3ccccc3n12)NCc1cccc(Cl)c1. The molecule has 5 aromatic rings. The molecular formula is C23H17ClN4OS. The summed E-state index contributed by atoms with van der Waals surface area (Å²) in [4.78, 5) is 22.1. The van der Waals surface area contributed by atoms with Crippen molar-refractivity contribution in [1.29, 1.82) is 0 Å². The second kappa shape index (κ2) is 7.97. The van der Waals surface area contributed by atoms with Gasteiger partial charge in [-0.05, 0) is 42.0 Å². The summed E-state index contributed by atoms with van der Waals surface area (Å²) in [6, 6.07) is 23.4. The van der Waals surface area contributed by atoms with Gasteiger partial charge in [-0.15, -0.1) is 0 Å². The van der Waals surface area contributed by atoms with Crippen molar-refractivity contribution < 1.29 is 4.79 Å². The molecule has 5 nitrogen and oxygen atoms in total. The lowest BCUT2D eigenvalue weighted by Crippen LogP contribution is -2.24. The lowest BCUT2D eigenvalue weighted by molar-refractivity contribution is -0.118. The molecule has 0 unspecified atom stereocenters. The summed E-state index contributed by atoms with van der Waals surface area (Å²) < 4.78 is 2.03. The first-order chi connectivity index (χ1) is 14.7. The summed E-state index contributed by atoms with van der Waals surface area (Å²) in [7, 11) is 0. The zero-order valence-electron chi connectivity index (χ0n) is 15.9. The van der Waals surface area contributed by atoms with Crippen LogP contribution >= 0.6 is 23.4 Å². The van der Waals surface area contributed by atoms with Gasteiger partial charge in [0, 0.05) is 17.0 Å². The molecule has 1 amide bonds. The first-order valence-corrected chi connectivity index (χ1v) is 10.9. The highest BCUT2D eigenvalue weighted by Crippen LogP contribution is 2.28. The van der Waals surface area contributed by atoms with E-state index in [2.05, 4.69) is 5.32 Å². The first kappa shape index (κ1) is 18.9. The van der Waals surface area contributed by atoms with Crippen LogP contribution < -0.4 is 5.32 Å². The third-order valence-electron chi connectivity index (χ3n) is 4.82. The van der Waals surface area contributed by atoms with Crippen LogP contribution in [0.25, 0.3) is 27.6 Å². The van der Waals surface area contributed by atoms with Crippen LogP contribution in [0, 0.1) is 0 Å². The number of imidazole rings is 1. The Morgan fingerprint density at radius 1 is 0.967 bits per heavy atom. The van der Waals surface area contributed by atoms with E-state index in [1.165, 1.54) is 11.8 Å². The monoisotopic (exact) mass is 432 g/mol. The van der Waals surface area contributed by atoms with Crippen molar-refractivity contribution in [3.8, 4) is 0 Å². The van der Waals surface area contributed by atoms with E-state index in [1.807, 2.05) is 77.2 Å². The Morgan fingerprint density at radius 2 is 1.77 bits per heavy atom. The number of hydrogen-bond acceptors (Lipinski definition) is 4. The summed E-state index contributed by atoms with van der Waals surface area (Å²) in [5.74, 6) is 0.195. The number of halogens is 1. The Balaban J connectivity index is 1.44. The lowest BCUT2D eigenvalue weighted by atomic mass is 10.2. The maximum Gasteiger partial charge on any atom is 0.230 e. The predicted molar refractivity (Wildman–Crippen MR) is 122 cm³/mol. The number of aromatic nitrogens is 3. The molecule has 0 aliphatic heterocycles. The van der Waals surface area contributed by atoms with Crippen LogP contribution in [0.4, 0.5) is 0 Å². The molecule has 2 aromatic heterocycles. The molecule has 148 valence electrons. The van der Waals surface area contributed by atoms with Crippen LogP contribution in [-0.4, -0.2) is 26.0 Å². The fraction of sp³-hybridized carbons (Fsp3) is 0.0870. The van der Waals surface area contributed by atoms with Crippen LogP contribution in [0.15, 0.2) is 78.0 Å². The average molecular weight is 433 g/mol. The van der Waals surface area contributed by atoms with Crippen molar-refractivity contribution in [3.63, 3.8) is 0 Å². The van der Waals surface area contributed by atoms with E-state index >= 15 is 0 Å². The van der Waals surface area contributed by atoms with Gasteiger partial charge in [-0.1, -0.05) is 59.8 Å². The topological polar surface area (TPSA) is 59.3 Å². The molecule has 0 fully saturated rings. The Hall–Kier alpha value is -3.09. The summed E-state index contributed by atoms with van der Waals surface area (Å²) in [5.41, 5.74) is 4.56. The molecule has 3 aromatic carbocycles. The number of benzene rings is 3. The molecule has 0 bridgehead atoms. The molecule has 1 N–H and O–H groups in total. The standard InChI is InChI=1S/C23H17ClN4OS/c24-16-7-5-6-15(12-16)13-25-21(29)14-30-23-27-18-9-2-1-8-17(18)22-26-19-10-3-4-11-20(19)28(22)23/h1-12H,13-14H2,(H,25,29). The molecular weight excluding hydrogens is 416 g/mol. The summed E-state index contributed by atoms with van der Waals surface area (Å²) in [6.45, 7) is 0.439. The van der Waals surface area contributed by atoms with Gasteiger partial charge in [-0.3, -0.25) is 9.20 Å². The number of thioether (sulfide) groups is 1. The minimum absolute atomic E-state index is 0.0625. The van der Waals surface area contributed by atoms with Gasteiger partial charge in [-0.2, -0.15) is 0 Å². The van der Waals surface area contributed by atoms with Gasteiger partial charge in [0.15, 0.2) is 5.16 Å². The molecule has 0 radical (unpaired) electrons. The number of hydrogen-bond donors (Lipinski definition) is 1. The highest BCUT2D eigenvalue weighted by Gasteiger charge is 2.15. The third kappa shape index (κ3) is 3.60. The summed E-state index contributed by atoms with van der Waals surface area (Å²) in [5, 5.41) is 5.33. The van der Waals surface area contributed by atoms with Crippen LogP contribution in [0.2, 0.25) is 5.02 Å². The molecule has 0 spiro atoms. The molecule has 0 aliphatic rings. The second-order valence-electron chi connectivity index (χ2n) is 6.87. The molecule has 30 heavy (non-hydrogen) atoms. The van der Waals surface area contributed by atoms with E-state index in [9.17, 15) is 4.79 Å². The van der Waals surface area contributed by atoms with Crippen molar-refractivity contribution in [2.45, 2.75) is 11.7 Å². The number of fused-ring (bicyclic) bond motifs is 5. The first-order valence-electron chi connectivity index (χ1n) is 9.49. The van der Waals surface area contributed by atoms with Gasteiger partial charge in [0.05, 0.1) is 22.3 Å². The van der Waals surface area contributed by atoms with E-state index in [4.69, 9.17) is 21.6 Å². The Labute approximate surface area is 182 Å². The number of para-hydroxylation sites is 3. The average Bonchev–Trinajstić information content (AvgIpc) is 3.16. The van der Waals surface area contributed by atoms with Crippen molar-refractivity contribution in [2.24, 2.45) is 0 Å². The molecule has 2 heterocycles. The fourth-order valence-electron chi connectivity index (χ4n) is 3.44. The molecule has 0 saturated carbocycles. The smallest absolute Gasteiger partial charge is 0.230 e. The van der Waals surface area contributed by atoms with Gasteiger partial charge < -0.3 is 5.32 Å². The van der Waals surface area contributed by atoms with Crippen LogP contribution in [-0.2, 0) is 11.3 Å². The normalized spacial score (nSPS) is 11.4. The van der Waals surface area contributed by atoms with E-state index in [1.54, 1.807) is 0 Å². The summed E-state index contributed by atoms with van der Waals surface area (Å²) >= 11 is 7.41. The van der Waals surface area contributed by atoms with Gasteiger partial charge in [0.1, 0.15) is 5.65 Å². The fourth-order valence-corrected chi connectivity index (χ4v) is 4.49. The Kier molecular flexibility index (Phi) is 5.02. The van der Waals surface area contributed by atoms with E-state index < -0.39 is 0 Å². The van der Waals surface area contributed by atoms with Crippen LogP contribution in [0.3, 0.4) is 0 Å². The number of rotatable bonds is 5. The minimum atomic E-state index is -0.0625. The molecule has 0 atom stereocenters. The number of carbonyl (C=O) groups excluding carboxylic acids is 1. The van der Waals surface area contributed by atoms with Crippen LogP contribution in [0.1, 0.15) is 5.56 Å². The molecule has 5 rings (SSSR count). The highest BCUT2D eigenvalue weighted by molar-refractivity contribution is 7.99. The minimum Gasteiger partial charge on any atom is -0.351 e. The summed E-state index contributed by atoms with van der Waals surface area (Å²) in [6.07, 6.45) is 0. The van der Waals surface area contributed by atoms with Gasteiger partial charge in [-0.25, -0.2) is 9.97 Å². The second-order valence-corrected chi connectivity index (χ2v) is 8.25. The van der Waals surface area contributed by atoms with Gasteiger partial charge >= 0.3 is 0 Å². The Bertz CT molecular complexity index is 1400. The number of nitrogens with one attached hydrogen (secondary N) is 1. The lowest BCUT2D eigenvalue weighted by Gasteiger charge is -2.09. The Morgan fingerprint density at radius 3 is 2.63 bits per heavy atom. The maximum absolute atomic E-state index is 12.5. The third-order valence-corrected chi connectivity index (χ3v) is 6.00. The quantitative estimate of drug-likeness (QED) is 0.310. The van der Waals surface area contributed by atoms with Crippen LogP contribution in [0.5, 0.6) is 0 Å². The number of nitrogens with zero attached hydrogens (tertiary/aromatic N) is 3. The van der Waals surface area contributed by atoms with E-state index in [0.29, 0.717) is 11.6 Å². The van der Waals surface area contributed by atoms with Gasteiger partial charge in [0.25, 0.3) is 0 Å². The molecule has 0 aliphatic carbocycles. The van der Waals surface area contributed by atoms with Crippen molar-refractivity contribution in [3.05, 3.63) is 83.4 Å². The van der Waals surface area contributed by atoms with Gasteiger partial charge in [0.2, 0.25) is 5.91 Å². The van der Waals surface area contributed by atoms with Crippen molar-refractivity contribution >= 4 is 56.9 Å². The highest BCUT2D eigenvalue weighted by atomic mass is 35.5. The predicted octanol–water partition coefficient (Wildman–Crippen LogP) is 5.10. The molecule has 7 heteroatoms. The van der Waals surface area contributed by atoms with E-state index in [-0.39, 0.29) is 11.7 Å². The maximum atomic E-state index is 12.5. The van der Waals surface area contributed by atoms with Crippen molar-refractivity contribution in [1.82, 2.24) is 19.7 Å². The zero-order valence-corrected chi connectivity index (χ0v) is 17.5. The van der Waals surface area contributed by atoms with Crippen molar-refractivity contribution in [2.75, 3.05) is 5.75 Å². The number of carbonyl (C=O) groups is 1.